The van der Waals surface area contributed by atoms with Gasteiger partial charge < -0.3 is 14.7 Å². The average molecular weight is 351 g/mol. The lowest BCUT2D eigenvalue weighted by molar-refractivity contribution is 0.630. The van der Waals surface area contributed by atoms with E-state index in [0.717, 1.165) is 43.8 Å². The summed E-state index contributed by atoms with van der Waals surface area (Å²) in [6.07, 6.45) is 5.38. The van der Waals surface area contributed by atoms with Crippen molar-refractivity contribution in [3.8, 4) is 5.82 Å². The van der Waals surface area contributed by atoms with Gasteiger partial charge in [-0.15, -0.1) is 10.2 Å². The lowest BCUT2D eigenvalue weighted by atomic mass is 10.3. The zero-order valence-corrected chi connectivity index (χ0v) is 14.9. The molecule has 0 aromatic carbocycles. The van der Waals surface area contributed by atoms with Crippen molar-refractivity contribution in [2.24, 2.45) is 0 Å². The van der Waals surface area contributed by atoms with Gasteiger partial charge in [0.15, 0.2) is 11.6 Å². The van der Waals surface area contributed by atoms with Gasteiger partial charge in [-0.25, -0.2) is 9.67 Å². The molecule has 0 spiro atoms. The molecule has 3 aromatic heterocycles. The van der Waals surface area contributed by atoms with E-state index in [9.17, 15) is 0 Å². The van der Waals surface area contributed by atoms with Gasteiger partial charge in [-0.3, -0.25) is 0 Å². The summed E-state index contributed by atoms with van der Waals surface area (Å²) >= 11 is 0. The maximum Gasteiger partial charge on any atom is 0.227 e. The van der Waals surface area contributed by atoms with Crippen molar-refractivity contribution in [3.05, 3.63) is 42.9 Å². The number of nitrogens with zero attached hydrogens (tertiary/aromatic N) is 9. The first-order valence-electron chi connectivity index (χ1n) is 8.55. The fraction of sp³-hybridized carbons (Fsp3) is 0.353. The standard InChI is InChI=1S/C17H21N9/c1-23(2)14-6-8-18-17(20-14)25-12-10-24(11-13-25)15-4-5-16(22-21-15)26-9-3-7-19-26/h3-9H,10-13H2,1-2H3. The maximum atomic E-state index is 4.62. The zero-order chi connectivity index (χ0) is 17.9. The van der Waals surface area contributed by atoms with Gasteiger partial charge in [0.25, 0.3) is 0 Å². The van der Waals surface area contributed by atoms with Crippen molar-refractivity contribution in [2.75, 3.05) is 55.0 Å². The second-order valence-corrected chi connectivity index (χ2v) is 6.28. The molecule has 0 unspecified atom stereocenters. The molecule has 0 amide bonds. The number of hydrogen-bond donors (Lipinski definition) is 0. The van der Waals surface area contributed by atoms with Gasteiger partial charge in [0, 0.05) is 58.9 Å². The van der Waals surface area contributed by atoms with Crippen LogP contribution in [0.4, 0.5) is 17.6 Å². The normalized spacial score (nSPS) is 14.5. The van der Waals surface area contributed by atoms with Crippen molar-refractivity contribution >= 4 is 17.6 Å². The fourth-order valence-corrected chi connectivity index (χ4v) is 2.89. The highest BCUT2D eigenvalue weighted by Crippen LogP contribution is 2.18. The second kappa shape index (κ2) is 6.95. The van der Waals surface area contributed by atoms with Crippen LogP contribution in [0.1, 0.15) is 0 Å². The highest BCUT2D eigenvalue weighted by molar-refractivity contribution is 5.46. The van der Waals surface area contributed by atoms with Crippen LogP contribution in [-0.2, 0) is 0 Å². The first kappa shape index (κ1) is 16.2. The molecule has 1 saturated heterocycles. The van der Waals surface area contributed by atoms with E-state index in [1.54, 1.807) is 10.9 Å². The number of rotatable bonds is 4. The molecular formula is C17H21N9. The van der Waals surface area contributed by atoms with Crippen LogP contribution in [-0.4, -0.2) is 70.2 Å². The van der Waals surface area contributed by atoms with E-state index in [-0.39, 0.29) is 0 Å². The summed E-state index contributed by atoms with van der Waals surface area (Å²) in [7, 11) is 3.96. The van der Waals surface area contributed by atoms with Gasteiger partial charge in [-0.1, -0.05) is 0 Å². The van der Waals surface area contributed by atoms with Gasteiger partial charge in [0.2, 0.25) is 5.95 Å². The molecule has 0 radical (unpaired) electrons. The van der Waals surface area contributed by atoms with Crippen molar-refractivity contribution in [1.82, 2.24) is 29.9 Å². The summed E-state index contributed by atoms with van der Waals surface area (Å²) in [5, 5.41) is 12.8. The van der Waals surface area contributed by atoms with Crippen LogP contribution in [0.25, 0.3) is 5.82 Å². The molecule has 0 atom stereocenters. The van der Waals surface area contributed by atoms with Crippen molar-refractivity contribution in [1.29, 1.82) is 0 Å². The summed E-state index contributed by atoms with van der Waals surface area (Å²) in [5.74, 6) is 3.28. The van der Waals surface area contributed by atoms with E-state index < -0.39 is 0 Å². The monoisotopic (exact) mass is 351 g/mol. The Kier molecular flexibility index (Phi) is 4.34. The van der Waals surface area contributed by atoms with E-state index in [0.29, 0.717) is 5.82 Å². The van der Waals surface area contributed by atoms with Gasteiger partial charge in [-0.2, -0.15) is 10.1 Å². The van der Waals surface area contributed by atoms with Crippen LogP contribution in [0, 0.1) is 0 Å². The van der Waals surface area contributed by atoms with Crippen molar-refractivity contribution in [3.63, 3.8) is 0 Å². The first-order valence-corrected chi connectivity index (χ1v) is 8.55. The number of aromatic nitrogens is 6. The average Bonchev–Trinajstić information content (AvgIpc) is 3.23. The van der Waals surface area contributed by atoms with Crippen LogP contribution in [0.15, 0.2) is 42.9 Å². The molecule has 1 aliphatic rings. The van der Waals surface area contributed by atoms with Crippen LogP contribution in [0.5, 0.6) is 0 Å². The molecule has 26 heavy (non-hydrogen) atoms. The van der Waals surface area contributed by atoms with E-state index in [4.69, 9.17) is 0 Å². The molecule has 0 N–H and O–H groups in total. The lowest BCUT2D eigenvalue weighted by Gasteiger charge is -2.35. The minimum Gasteiger partial charge on any atom is -0.363 e. The Morgan fingerprint density at radius 2 is 1.62 bits per heavy atom. The Balaban J connectivity index is 1.41. The van der Waals surface area contributed by atoms with Crippen LogP contribution in [0.2, 0.25) is 0 Å². The van der Waals surface area contributed by atoms with Gasteiger partial charge in [0.05, 0.1) is 0 Å². The number of anilines is 3. The third kappa shape index (κ3) is 3.28. The highest BCUT2D eigenvalue weighted by Gasteiger charge is 2.20. The molecule has 4 heterocycles. The molecule has 9 nitrogen and oxygen atoms in total. The Morgan fingerprint density at radius 1 is 0.885 bits per heavy atom. The van der Waals surface area contributed by atoms with Crippen LogP contribution in [0.3, 0.4) is 0 Å². The summed E-state index contributed by atoms with van der Waals surface area (Å²) in [6, 6.07) is 7.70. The minimum atomic E-state index is 0.714. The maximum absolute atomic E-state index is 4.62. The molecular weight excluding hydrogens is 330 g/mol. The highest BCUT2D eigenvalue weighted by atomic mass is 15.4. The fourth-order valence-electron chi connectivity index (χ4n) is 2.89. The number of piperazine rings is 1. The predicted molar refractivity (Wildman–Crippen MR) is 99.9 cm³/mol. The van der Waals surface area contributed by atoms with Gasteiger partial charge in [0.1, 0.15) is 5.82 Å². The molecule has 0 saturated carbocycles. The molecule has 9 heteroatoms. The summed E-state index contributed by atoms with van der Waals surface area (Å²) in [6.45, 7) is 3.40. The molecule has 1 fully saturated rings. The van der Waals surface area contributed by atoms with E-state index in [1.807, 2.05) is 55.7 Å². The SMILES string of the molecule is CN(C)c1ccnc(N2CCN(c3ccc(-n4cccn4)nn3)CC2)n1. The molecule has 0 bridgehead atoms. The zero-order valence-electron chi connectivity index (χ0n) is 14.9. The number of hydrogen-bond acceptors (Lipinski definition) is 8. The predicted octanol–water partition coefficient (Wildman–Crippen LogP) is 0.845. The Hall–Kier alpha value is -3.23. The smallest absolute Gasteiger partial charge is 0.227 e. The second-order valence-electron chi connectivity index (χ2n) is 6.28. The molecule has 3 aromatic rings. The van der Waals surface area contributed by atoms with Crippen molar-refractivity contribution < 1.29 is 0 Å². The van der Waals surface area contributed by atoms with E-state index >= 15 is 0 Å². The quantitative estimate of drug-likeness (QED) is 0.684. The summed E-state index contributed by atoms with van der Waals surface area (Å²) in [4.78, 5) is 15.4. The first-order chi connectivity index (χ1) is 12.7. The molecule has 1 aliphatic heterocycles. The van der Waals surface area contributed by atoms with Crippen LogP contribution < -0.4 is 14.7 Å². The third-order valence-corrected chi connectivity index (χ3v) is 4.35. The van der Waals surface area contributed by atoms with Gasteiger partial charge >= 0.3 is 0 Å². The topological polar surface area (TPSA) is 79.1 Å². The van der Waals surface area contributed by atoms with E-state index in [2.05, 4.69) is 35.1 Å². The Labute approximate surface area is 151 Å². The van der Waals surface area contributed by atoms with Gasteiger partial charge in [-0.05, 0) is 24.3 Å². The molecule has 4 rings (SSSR count). The van der Waals surface area contributed by atoms with E-state index in [1.165, 1.54) is 0 Å². The Morgan fingerprint density at radius 3 is 2.27 bits per heavy atom. The largest absolute Gasteiger partial charge is 0.363 e. The minimum absolute atomic E-state index is 0.714. The van der Waals surface area contributed by atoms with Crippen LogP contribution >= 0.6 is 0 Å². The summed E-state index contributed by atoms with van der Waals surface area (Å²) in [5.41, 5.74) is 0. The molecule has 0 aliphatic carbocycles. The summed E-state index contributed by atoms with van der Waals surface area (Å²) < 4.78 is 1.70. The third-order valence-electron chi connectivity index (χ3n) is 4.35. The lowest BCUT2D eigenvalue weighted by Crippen LogP contribution is -2.47. The van der Waals surface area contributed by atoms with Crippen molar-refractivity contribution in [2.45, 2.75) is 0 Å². The molecule has 134 valence electrons. The Bertz CT molecular complexity index is 837.